The molecule has 0 aliphatic carbocycles. The fraction of sp³-hybridized carbons (Fsp3) is 0.333. The number of H-pyrrole nitrogens is 1. The van der Waals surface area contributed by atoms with E-state index in [2.05, 4.69) is 15.5 Å². The van der Waals surface area contributed by atoms with Crippen molar-refractivity contribution >= 4 is 17.7 Å². The molecule has 1 aromatic heterocycles. The second kappa shape index (κ2) is 3.76. The number of aromatic amines is 1. The minimum absolute atomic E-state index is 0.114. The molecular weight excluding hydrogens is 212 g/mol. The molecule has 2 N–H and O–H groups in total. The highest BCUT2D eigenvalue weighted by Crippen LogP contribution is 2.10. The van der Waals surface area contributed by atoms with Crippen LogP contribution in [0, 0.1) is 0 Å². The average molecular weight is 222 g/mol. The standard InChI is InChI=1S/C9H10N4O3/c1-5-8(15)12-7(14)4-13(5)9(16)6-2-10-11-3-6/h2-3,5H,4H2,1H3,(H,10,11)(H,12,14,15). The maximum Gasteiger partial charge on any atom is 0.258 e. The molecule has 2 heterocycles. The zero-order valence-electron chi connectivity index (χ0n) is 8.56. The molecule has 0 aromatic carbocycles. The second-order valence-electron chi connectivity index (χ2n) is 3.51. The Morgan fingerprint density at radius 1 is 1.56 bits per heavy atom. The molecule has 1 saturated heterocycles. The number of hydrogen-bond acceptors (Lipinski definition) is 4. The summed E-state index contributed by atoms with van der Waals surface area (Å²) in [6.07, 6.45) is 2.78. The molecule has 7 nitrogen and oxygen atoms in total. The van der Waals surface area contributed by atoms with Crippen LogP contribution < -0.4 is 5.32 Å². The summed E-state index contributed by atoms with van der Waals surface area (Å²) in [6, 6.07) is -0.653. The Morgan fingerprint density at radius 2 is 2.31 bits per heavy atom. The first kappa shape index (κ1) is 10.3. The van der Waals surface area contributed by atoms with Gasteiger partial charge in [0, 0.05) is 6.20 Å². The van der Waals surface area contributed by atoms with Gasteiger partial charge in [-0.2, -0.15) is 5.10 Å². The lowest BCUT2D eigenvalue weighted by Crippen LogP contribution is -2.58. The SMILES string of the molecule is CC1C(=O)NC(=O)CN1C(=O)c1cn[nH]c1. The van der Waals surface area contributed by atoms with Gasteiger partial charge < -0.3 is 4.90 Å². The predicted octanol–water partition coefficient (Wildman–Crippen LogP) is -1.10. The van der Waals surface area contributed by atoms with Crippen molar-refractivity contribution in [3.8, 4) is 0 Å². The highest BCUT2D eigenvalue weighted by Gasteiger charge is 2.34. The van der Waals surface area contributed by atoms with Crippen molar-refractivity contribution in [3.05, 3.63) is 18.0 Å². The van der Waals surface area contributed by atoms with E-state index in [0.717, 1.165) is 0 Å². The Balaban J connectivity index is 2.23. The number of piperazine rings is 1. The maximum absolute atomic E-state index is 11.9. The molecule has 1 aromatic rings. The summed E-state index contributed by atoms with van der Waals surface area (Å²) in [5.41, 5.74) is 0.328. The van der Waals surface area contributed by atoms with E-state index < -0.39 is 17.9 Å². The number of hydrogen-bond donors (Lipinski definition) is 2. The molecule has 1 fully saturated rings. The number of imide groups is 1. The lowest BCUT2D eigenvalue weighted by molar-refractivity contribution is -0.138. The molecule has 1 aliphatic heterocycles. The Kier molecular flexibility index (Phi) is 2.43. The van der Waals surface area contributed by atoms with Crippen LogP contribution in [-0.4, -0.2) is 45.4 Å². The summed E-state index contributed by atoms with van der Waals surface area (Å²) < 4.78 is 0. The second-order valence-corrected chi connectivity index (χ2v) is 3.51. The van der Waals surface area contributed by atoms with Gasteiger partial charge in [0.1, 0.15) is 12.6 Å². The van der Waals surface area contributed by atoms with Gasteiger partial charge in [0.25, 0.3) is 5.91 Å². The summed E-state index contributed by atoms with van der Waals surface area (Å²) in [6.45, 7) is 1.46. The molecule has 84 valence electrons. The molecule has 0 saturated carbocycles. The van der Waals surface area contributed by atoms with E-state index in [1.807, 2.05) is 0 Å². The first-order chi connectivity index (χ1) is 7.59. The van der Waals surface area contributed by atoms with E-state index in [9.17, 15) is 14.4 Å². The van der Waals surface area contributed by atoms with E-state index in [-0.39, 0.29) is 12.5 Å². The average Bonchev–Trinajstić information content (AvgIpc) is 2.75. The Hall–Kier alpha value is -2.18. The van der Waals surface area contributed by atoms with E-state index in [1.54, 1.807) is 6.92 Å². The third-order valence-corrected chi connectivity index (χ3v) is 2.43. The van der Waals surface area contributed by atoms with Gasteiger partial charge in [0.2, 0.25) is 11.8 Å². The highest BCUT2D eigenvalue weighted by atomic mass is 16.2. The van der Waals surface area contributed by atoms with Gasteiger partial charge in [-0.1, -0.05) is 0 Å². The van der Waals surface area contributed by atoms with Crippen molar-refractivity contribution < 1.29 is 14.4 Å². The molecule has 3 amide bonds. The number of aromatic nitrogens is 2. The lowest BCUT2D eigenvalue weighted by atomic mass is 10.1. The number of amides is 3. The van der Waals surface area contributed by atoms with Crippen LogP contribution in [0.4, 0.5) is 0 Å². The van der Waals surface area contributed by atoms with Crippen LogP contribution in [0.5, 0.6) is 0 Å². The number of carbonyl (C=O) groups excluding carboxylic acids is 3. The molecule has 2 rings (SSSR count). The van der Waals surface area contributed by atoms with Gasteiger partial charge in [0.05, 0.1) is 11.8 Å². The van der Waals surface area contributed by atoms with Crippen molar-refractivity contribution in [2.24, 2.45) is 0 Å². The zero-order valence-corrected chi connectivity index (χ0v) is 8.56. The lowest BCUT2D eigenvalue weighted by Gasteiger charge is -2.31. The smallest absolute Gasteiger partial charge is 0.258 e. The number of nitrogens with one attached hydrogen (secondary N) is 2. The largest absolute Gasteiger partial charge is 0.317 e. The van der Waals surface area contributed by atoms with E-state index in [0.29, 0.717) is 5.56 Å². The fourth-order valence-electron chi connectivity index (χ4n) is 1.50. The van der Waals surface area contributed by atoms with Gasteiger partial charge in [-0.25, -0.2) is 0 Å². The molecule has 1 atom stereocenters. The van der Waals surface area contributed by atoms with Gasteiger partial charge in [-0.05, 0) is 6.92 Å². The van der Waals surface area contributed by atoms with Crippen LogP contribution in [0.1, 0.15) is 17.3 Å². The minimum atomic E-state index is -0.653. The molecule has 16 heavy (non-hydrogen) atoms. The van der Waals surface area contributed by atoms with Crippen LogP contribution in [0.15, 0.2) is 12.4 Å². The topological polar surface area (TPSA) is 95.2 Å². The third-order valence-electron chi connectivity index (χ3n) is 2.43. The Morgan fingerprint density at radius 3 is 2.94 bits per heavy atom. The van der Waals surface area contributed by atoms with E-state index >= 15 is 0 Å². The highest BCUT2D eigenvalue weighted by molar-refractivity contribution is 6.06. The van der Waals surface area contributed by atoms with Crippen molar-refractivity contribution in [2.75, 3.05) is 6.54 Å². The van der Waals surface area contributed by atoms with Crippen molar-refractivity contribution in [3.63, 3.8) is 0 Å². The summed E-state index contributed by atoms with van der Waals surface area (Å²) in [7, 11) is 0. The third kappa shape index (κ3) is 1.67. The number of carbonyl (C=O) groups is 3. The molecular formula is C9H10N4O3. The molecule has 0 radical (unpaired) electrons. The normalized spacial score (nSPS) is 20.8. The fourth-order valence-corrected chi connectivity index (χ4v) is 1.50. The van der Waals surface area contributed by atoms with Gasteiger partial charge in [-0.3, -0.25) is 24.8 Å². The number of nitrogens with zero attached hydrogens (tertiary/aromatic N) is 2. The van der Waals surface area contributed by atoms with Crippen LogP contribution in [0.25, 0.3) is 0 Å². The summed E-state index contributed by atoms with van der Waals surface area (Å²) >= 11 is 0. The Labute approximate surface area is 90.8 Å². The molecule has 1 unspecified atom stereocenters. The first-order valence-electron chi connectivity index (χ1n) is 4.73. The molecule has 7 heteroatoms. The van der Waals surface area contributed by atoms with Crippen LogP contribution in [0.3, 0.4) is 0 Å². The summed E-state index contributed by atoms with van der Waals surface area (Å²) in [5.74, 6) is -1.32. The van der Waals surface area contributed by atoms with Crippen molar-refractivity contribution in [1.29, 1.82) is 0 Å². The van der Waals surface area contributed by atoms with Gasteiger partial charge >= 0.3 is 0 Å². The summed E-state index contributed by atoms with van der Waals surface area (Å²) in [4.78, 5) is 35.6. The van der Waals surface area contributed by atoms with Crippen molar-refractivity contribution in [2.45, 2.75) is 13.0 Å². The zero-order chi connectivity index (χ0) is 11.7. The quantitative estimate of drug-likeness (QED) is 0.589. The van der Waals surface area contributed by atoms with Crippen LogP contribution >= 0.6 is 0 Å². The van der Waals surface area contributed by atoms with Gasteiger partial charge in [-0.15, -0.1) is 0 Å². The predicted molar refractivity (Wildman–Crippen MR) is 52.2 cm³/mol. The summed E-state index contributed by atoms with van der Waals surface area (Å²) in [5, 5.41) is 8.31. The monoisotopic (exact) mass is 222 g/mol. The van der Waals surface area contributed by atoms with E-state index in [4.69, 9.17) is 0 Å². The van der Waals surface area contributed by atoms with E-state index in [1.165, 1.54) is 17.3 Å². The molecule has 0 bridgehead atoms. The van der Waals surface area contributed by atoms with Gasteiger partial charge in [0.15, 0.2) is 0 Å². The van der Waals surface area contributed by atoms with Crippen LogP contribution in [-0.2, 0) is 9.59 Å². The first-order valence-corrected chi connectivity index (χ1v) is 4.73. The minimum Gasteiger partial charge on any atom is -0.317 e. The number of rotatable bonds is 1. The molecule has 0 spiro atoms. The maximum atomic E-state index is 11.9. The van der Waals surface area contributed by atoms with Crippen molar-refractivity contribution in [1.82, 2.24) is 20.4 Å². The molecule has 1 aliphatic rings. The Bertz CT molecular complexity index is 440. The van der Waals surface area contributed by atoms with Crippen LogP contribution in [0.2, 0.25) is 0 Å².